The average Bonchev–Trinajstić information content (AvgIpc) is 3.30. The summed E-state index contributed by atoms with van der Waals surface area (Å²) < 4.78 is 0. The fourth-order valence-corrected chi connectivity index (χ4v) is 8.85. The fraction of sp³-hybridized carbons (Fsp3) is 0.852. The Bertz CT molecular complexity index is 784. The van der Waals surface area contributed by atoms with Gasteiger partial charge < -0.3 is 5.11 Å². The van der Waals surface area contributed by atoms with Crippen molar-refractivity contribution in [3.05, 3.63) is 11.6 Å². The lowest BCUT2D eigenvalue weighted by atomic mass is 9.47. The standard InChI is InChI=1S/C27H41NO2/c1-16-13-24(28-15-16)25(30)17(2)21-7-8-22-20-6-5-18-14-19(29)9-11-26(18,3)23(20)10-12-27(21,22)4/h5,16-17,19-23,29H,6-15H2,1-4H3/t16-,17+,19+,20+,21-,22+,23+,26+,27-/m1/s1. The number of aliphatic hydroxyl groups excluding tert-OH is 1. The van der Waals surface area contributed by atoms with Crippen LogP contribution >= 0.6 is 0 Å². The van der Waals surface area contributed by atoms with E-state index in [-0.39, 0.29) is 12.0 Å². The zero-order chi connectivity index (χ0) is 21.3. The van der Waals surface area contributed by atoms with Crippen LogP contribution in [0, 0.1) is 46.3 Å². The van der Waals surface area contributed by atoms with Gasteiger partial charge >= 0.3 is 0 Å². The monoisotopic (exact) mass is 411 g/mol. The first-order chi connectivity index (χ1) is 14.2. The molecule has 5 rings (SSSR count). The Morgan fingerprint density at radius 2 is 1.93 bits per heavy atom. The van der Waals surface area contributed by atoms with Crippen molar-refractivity contribution < 1.29 is 9.90 Å². The van der Waals surface area contributed by atoms with Gasteiger partial charge in [0.15, 0.2) is 5.78 Å². The second-order valence-corrected chi connectivity index (χ2v) is 12.1. The predicted octanol–water partition coefficient (Wildman–Crippen LogP) is 5.61. The number of aliphatic imine (C=N–C) groups is 1. The summed E-state index contributed by atoms with van der Waals surface area (Å²) in [6, 6.07) is 0. The molecule has 1 aliphatic heterocycles. The van der Waals surface area contributed by atoms with Crippen LogP contribution in [0.1, 0.15) is 85.5 Å². The van der Waals surface area contributed by atoms with Crippen molar-refractivity contribution in [3.8, 4) is 0 Å². The van der Waals surface area contributed by atoms with Crippen molar-refractivity contribution in [2.75, 3.05) is 6.54 Å². The zero-order valence-electron chi connectivity index (χ0n) is 19.5. The van der Waals surface area contributed by atoms with E-state index in [1.807, 2.05) is 0 Å². The Balaban J connectivity index is 1.37. The lowest BCUT2D eigenvalue weighted by Gasteiger charge is -2.58. The van der Waals surface area contributed by atoms with Crippen LogP contribution in [0.4, 0.5) is 0 Å². The van der Waals surface area contributed by atoms with Crippen LogP contribution in [-0.2, 0) is 4.79 Å². The van der Waals surface area contributed by atoms with Gasteiger partial charge in [0.05, 0.1) is 11.8 Å². The summed E-state index contributed by atoms with van der Waals surface area (Å²) in [5, 5.41) is 10.2. The molecule has 0 amide bonds. The van der Waals surface area contributed by atoms with Crippen molar-refractivity contribution in [1.82, 2.24) is 0 Å². The molecule has 4 aliphatic carbocycles. The predicted molar refractivity (Wildman–Crippen MR) is 121 cm³/mol. The minimum atomic E-state index is -0.126. The van der Waals surface area contributed by atoms with E-state index in [2.05, 4.69) is 38.8 Å². The number of Topliss-reactive ketones (excluding diaryl/α,β-unsaturated/α-hetero) is 1. The van der Waals surface area contributed by atoms with Crippen LogP contribution in [0.3, 0.4) is 0 Å². The number of rotatable bonds is 3. The van der Waals surface area contributed by atoms with Gasteiger partial charge in [-0.15, -0.1) is 0 Å². The van der Waals surface area contributed by atoms with Crippen LogP contribution in [0.2, 0.25) is 0 Å². The van der Waals surface area contributed by atoms with Gasteiger partial charge in [-0.05, 0) is 98.2 Å². The molecule has 3 saturated carbocycles. The van der Waals surface area contributed by atoms with Crippen molar-refractivity contribution >= 4 is 11.5 Å². The van der Waals surface area contributed by atoms with Crippen LogP contribution in [0.25, 0.3) is 0 Å². The number of fused-ring (bicyclic) bond motifs is 5. The summed E-state index contributed by atoms with van der Waals surface area (Å²) >= 11 is 0. The molecule has 1 N–H and O–H groups in total. The van der Waals surface area contributed by atoms with Gasteiger partial charge in [-0.1, -0.05) is 39.3 Å². The summed E-state index contributed by atoms with van der Waals surface area (Å²) in [4.78, 5) is 17.9. The zero-order valence-corrected chi connectivity index (χ0v) is 19.5. The Morgan fingerprint density at radius 1 is 1.13 bits per heavy atom. The highest BCUT2D eigenvalue weighted by atomic mass is 16.3. The summed E-state index contributed by atoms with van der Waals surface area (Å²) in [6.45, 7) is 10.3. The first-order valence-corrected chi connectivity index (χ1v) is 12.7. The molecule has 9 atom stereocenters. The Labute approximate surface area is 182 Å². The van der Waals surface area contributed by atoms with Gasteiger partial charge in [0.25, 0.3) is 0 Å². The number of ketones is 1. The van der Waals surface area contributed by atoms with E-state index in [1.54, 1.807) is 5.57 Å². The van der Waals surface area contributed by atoms with Gasteiger partial charge in [0.2, 0.25) is 0 Å². The van der Waals surface area contributed by atoms with Crippen molar-refractivity contribution in [2.45, 2.75) is 91.6 Å². The summed E-state index contributed by atoms with van der Waals surface area (Å²) in [5.74, 6) is 3.82. The lowest BCUT2D eigenvalue weighted by molar-refractivity contribution is -0.120. The molecule has 3 fully saturated rings. The molecule has 0 aromatic heterocycles. The maximum absolute atomic E-state index is 13.3. The van der Waals surface area contributed by atoms with Crippen LogP contribution in [-0.4, -0.2) is 29.3 Å². The van der Waals surface area contributed by atoms with Gasteiger partial charge in [-0.2, -0.15) is 0 Å². The van der Waals surface area contributed by atoms with E-state index in [4.69, 9.17) is 0 Å². The van der Waals surface area contributed by atoms with Crippen molar-refractivity contribution in [3.63, 3.8) is 0 Å². The molecule has 3 heteroatoms. The molecule has 0 bridgehead atoms. The highest BCUT2D eigenvalue weighted by Crippen LogP contribution is 2.67. The quantitative estimate of drug-likeness (QED) is 0.613. The van der Waals surface area contributed by atoms with Crippen LogP contribution < -0.4 is 0 Å². The van der Waals surface area contributed by atoms with Crippen molar-refractivity contribution in [1.29, 1.82) is 0 Å². The first kappa shape index (κ1) is 20.9. The van der Waals surface area contributed by atoms with E-state index in [9.17, 15) is 9.90 Å². The Kier molecular flexibility index (Phi) is 5.08. The number of allylic oxidation sites excluding steroid dienone is 1. The minimum Gasteiger partial charge on any atom is -0.393 e. The third kappa shape index (κ3) is 3.01. The molecule has 0 radical (unpaired) electrons. The third-order valence-corrected chi connectivity index (χ3v) is 10.6. The molecule has 30 heavy (non-hydrogen) atoms. The number of carbonyl (C=O) groups excluding carboxylic acids is 1. The summed E-state index contributed by atoms with van der Waals surface area (Å²) in [7, 11) is 0. The lowest BCUT2D eigenvalue weighted by Crippen LogP contribution is -2.51. The smallest absolute Gasteiger partial charge is 0.179 e. The minimum absolute atomic E-state index is 0.121. The van der Waals surface area contributed by atoms with Crippen molar-refractivity contribution in [2.24, 2.45) is 51.3 Å². The normalized spacial score (nSPS) is 48.8. The third-order valence-electron chi connectivity index (χ3n) is 10.6. The second kappa shape index (κ2) is 7.29. The molecular formula is C27H41NO2. The van der Waals surface area contributed by atoms with Crippen LogP contribution in [0.5, 0.6) is 0 Å². The molecule has 166 valence electrons. The van der Waals surface area contributed by atoms with Gasteiger partial charge in [-0.3, -0.25) is 9.79 Å². The topological polar surface area (TPSA) is 49.7 Å². The largest absolute Gasteiger partial charge is 0.393 e. The van der Waals surface area contributed by atoms with Gasteiger partial charge in [0.1, 0.15) is 0 Å². The van der Waals surface area contributed by atoms with E-state index >= 15 is 0 Å². The van der Waals surface area contributed by atoms with Crippen LogP contribution in [0.15, 0.2) is 16.6 Å². The van der Waals surface area contributed by atoms with Gasteiger partial charge in [0, 0.05) is 12.5 Å². The molecular weight excluding hydrogens is 370 g/mol. The molecule has 0 unspecified atom stereocenters. The van der Waals surface area contributed by atoms with Gasteiger partial charge in [-0.25, -0.2) is 0 Å². The molecule has 5 aliphatic rings. The molecule has 0 aromatic carbocycles. The van der Waals surface area contributed by atoms with E-state index < -0.39 is 0 Å². The number of aliphatic hydroxyl groups is 1. The highest BCUT2D eigenvalue weighted by Gasteiger charge is 2.59. The molecule has 0 saturated heterocycles. The summed E-state index contributed by atoms with van der Waals surface area (Å²) in [5.41, 5.74) is 3.04. The maximum atomic E-state index is 13.3. The number of hydrogen-bond donors (Lipinski definition) is 1. The molecule has 0 aromatic rings. The summed E-state index contributed by atoms with van der Waals surface area (Å²) in [6.07, 6.45) is 12.6. The van der Waals surface area contributed by atoms with E-state index in [0.29, 0.717) is 28.4 Å². The highest BCUT2D eigenvalue weighted by molar-refractivity contribution is 6.41. The molecule has 3 nitrogen and oxygen atoms in total. The Morgan fingerprint density at radius 3 is 2.67 bits per heavy atom. The Hall–Kier alpha value is -0.960. The SMILES string of the molecule is C[C@H]1CN=C(C(=O)[C@@H](C)[C@H]2CC[C@H]3[C@@H]4CC=C5C[C@@H](O)CC[C@]5(C)[C@H]4CC[C@]23C)C1. The average molecular weight is 412 g/mol. The number of nitrogens with zero attached hydrogens (tertiary/aromatic N) is 1. The fourth-order valence-electron chi connectivity index (χ4n) is 8.85. The first-order valence-electron chi connectivity index (χ1n) is 12.7. The van der Waals surface area contributed by atoms with E-state index in [0.717, 1.165) is 55.7 Å². The number of hydrogen-bond acceptors (Lipinski definition) is 3. The number of carbonyl (C=O) groups is 1. The maximum Gasteiger partial charge on any atom is 0.179 e. The van der Waals surface area contributed by atoms with E-state index in [1.165, 1.54) is 32.1 Å². The molecule has 0 spiro atoms. The molecule has 1 heterocycles. The second-order valence-electron chi connectivity index (χ2n) is 12.1.